The van der Waals surface area contributed by atoms with Gasteiger partial charge in [0, 0.05) is 0 Å². The molecule has 0 saturated carbocycles. The molecule has 0 fully saturated rings. The minimum absolute atomic E-state index is 0.0621. The smallest absolute Gasteiger partial charge is 0.341 e. The molecule has 0 radical (unpaired) electrons. The highest BCUT2D eigenvalue weighted by molar-refractivity contribution is 6.33. The number of ether oxygens (including phenoxy) is 4. The minimum atomic E-state index is -0.677. The molecule has 0 spiro atoms. The van der Waals surface area contributed by atoms with E-state index in [1.165, 1.54) is 58.8 Å². The van der Waals surface area contributed by atoms with Crippen LogP contribution in [0.25, 0.3) is 5.57 Å². The summed E-state index contributed by atoms with van der Waals surface area (Å²) in [6.07, 6.45) is 1.81. The summed E-state index contributed by atoms with van der Waals surface area (Å²) in [7, 11) is 5.16. The van der Waals surface area contributed by atoms with Crippen LogP contribution in [0.5, 0.6) is 11.5 Å². The SMILES string of the molecule is COC(=O)c1cc(C(=CC=O)c2cc(Cl)c(OC)c(C(=O)OC)c2)cc(Cl)c1OC. The summed E-state index contributed by atoms with van der Waals surface area (Å²) in [6, 6.07) is 5.94. The van der Waals surface area contributed by atoms with E-state index in [1.54, 1.807) is 0 Å². The average Bonchev–Trinajstić information content (AvgIpc) is 2.75. The second-order valence-electron chi connectivity index (χ2n) is 5.78. The maximum absolute atomic E-state index is 12.2. The Morgan fingerprint density at radius 2 is 1.17 bits per heavy atom. The van der Waals surface area contributed by atoms with Gasteiger partial charge in [-0.05, 0) is 47.0 Å². The fourth-order valence-electron chi connectivity index (χ4n) is 2.86. The Labute approximate surface area is 183 Å². The van der Waals surface area contributed by atoms with Crippen LogP contribution in [-0.4, -0.2) is 46.7 Å². The molecule has 2 rings (SSSR count). The predicted octanol–water partition coefficient (Wildman–Crippen LogP) is 4.21. The fourth-order valence-corrected chi connectivity index (χ4v) is 3.46. The molecule has 0 N–H and O–H groups in total. The first-order chi connectivity index (χ1) is 14.3. The maximum atomic E-state index is 12.2. The number of benzene rings is 2. The summed E-state index contributed by atoms with van der Waals surface area (Å²) >= 11 is 12.6. The second kappa shape index (κ2) is 10.1. The van der Waals surface area contributed by atoms with Gasteiger partial charge in [-0.2, -0.15) is 0 Å². The van der Waals surface area contributed by atoms with Gasteiger partial charge >= 0.3 is 11.9 Å². The van der Waals surface area contributed by atoms with Gasteiger partial charge in [-0.15, -0.1) is 0 Å². The van der Waals surface area contributed by atoms with Crippen molar-refractivity contribution in [2.24, 2.45) is 0 Å². The Hall–Kier alpha value is -3.03. The maximum Gasteiger partial charge on any atom is 0.341 e. The Morgan fingerprint density at radius 1 is 0.767 bits per heavy atom. The number of esters is 2. The molecule has 0 heterocycles. The van der Waals surface area contributed by atoms with Crippen molar-refractivity contribution >= 4 is 47.0 Å². The van der Waals surface area contributed by atoms with Crippen molar-refractivity contribution in [1.82, 2.24) is 0 Å². The number of aldehydes is 1. The molecule has 0 bridgehead atoms. The monoisotopic (exact) mass is 452 g/mol. The lowest BCUT2D eigenvalue weighted by atomic mass is 9.94. The number of carbonyl (C=O) groups is 3. The normalized spacial score (nSPS) is 10.1. The van der Waals surface area contributed by atoms with Crippen LogP contribution < -0.4 is 9.47 Å². The zero-order chi connectivity index (χ0) is 22.4. The highest BCUT2D eigenvalue weighted by atomic mass is 35.5. The van der Waals surface area contributed by atoms with Gasteiger partial charge in [0.15, 0.2) is 11.5 Å². The first kappa shape index (κ1) is 23.3. The van der Waals surface area contributed by atoms with Crippen LogP contribution in [0.15, 0.2) is 30.3 Å². The Bertz CT molecular complexity index is 953. The molecule has 0 aromatic heterocycles. The molecule has 0 saturated heterocycles. The molecule has 7 nitrogen and oxygen atoms in total. The number of carbonyl (C=O) groups excluding carboxylic acids is 3. The van der Waals surface area contributed by atoms with Gasteiger partial charge in [-0.25, -0.2) is 9.59 Å². The third-order valence-electron chi connectivity index (χ3n) is 4.16. The van der Waals surface area contributed by atoms with E-state index in [2.05, 4.69) is 0 Å². The summed E-state index contributed by atoms with van der Waals surface area (Å²) in [5.74, 6) is -1.10. The van der Waals surface area contributed by atoms with Crippen LogP contribution in [0.1, 0.15) is 31.8 Å². The van der Waals surface area contributed by atoms with E-state index < -0.39 is 11.9 Å². The zero-order valence-corrected chi connectivity index (χ0v) is 18.1. The van der Waals surface area contributed by atoms with Crippen LogP contribution in [0.2, 0.25) is 10.0 Å². The lowest BCUT2D eigenvalue weighted by Gasteiger charge is -2.16. The summed E-state index contributed by atoms with van der Waals surface area (Å²) in [4.78, 5) is 35.7. The number of rotatable bonds is 7. The molecule has 0 aliphatic heterocycles. The molecule has 0 aliphatic rings. The number of halogens is 2. The highest BCUT2D eigenvalue weighted by Gasteiger charge is 2.22. The van der Waals surface area contributed by atoms with Crippen molar-refractivity contribution in [2.75, 3.05) is 28.4 Å². The molecule has 0 amide bonds. The molecule has 30 heavy (non-hydrogen) atoms. The summed E-state index contributed by atoms with van der Waals surface area (Å²) in [5, 5.41) is 0.250. The number of allylic oxidation sites excluding steroid dienone is 1. The van der Waals surface area contributed by atoms with Crippen molar-refractivity contribution in [1.29, 1.82) is 0 Å². The molecule has 0 unspecified atom stereocenters. The fraction of sp³-hybridized carbons (Fsp3) is 0.190. The average molecular weight is 453 g/mol. The second-order valence-corrected chi connectivity index (χ2v) is 6.59. The van der Waals surface area contributed by atoms with Crippen molar-refractivity contribution < 1.29 is 33.3 Å². The highest BCUT2D eigenvalue weighted by Crippen LogP contribution is 2.38. The summed E-state index contributed by atoms with van der Waals surface area (Å²) < 4.78 is 20.0. The molecule has 0 aliphatic carbocycles. The third-order valence-corrected chi connectivity index (χ3v) is 4.72. The standard InChI is InChI=1S/C21H18Cl2O7/c1-27-18-14(20(25)29-3)7-11(9-16(18)22)13(5-6-24)12-8-15(21(26)30-4)19(28-2)17(23)10-12/h5-10H,1-4H3. The molecule has 2 aromatic carbocycles. The van der Waals surface area contributed by atoms with Gasteiger partial charge in [0.2, 0.25) is 0 Å². The van der Waals surface area contributed by atoms with Crippen LogP contribution in [0.4, 0.5) is 0 Å². The largest absolute Gasteiger partial charge is 0.494 e. The molecule has 2 aromatic rings. The van der Waals surface area contributed by atoms with Gasteiger partial charge in [0.05, 0.1) is 38.5 Å². The Kier molecular flexibility index (Phi) is 7.86. The first-order valence-corrected chi connectivity index (χ1v) is 9.16. The Balaban J connectivity index is 2.79. The zero-order valence-electron chi connectivity index (χ0n) is 16.6. The van der Waals surface area contributed by atoms with Crippen LogP contribution in [0.3, 0.4) is 0 Å². The number of hydrogen-bond donors (Lipinski definition) is 0. The topological polar surface area (TPSA) is 88.1 Å². The van der Waals surface area contributed by atoms with E-state index in [4.69, 9.17) is 42.1 Å². The Morgan fingerprint density at radius 3 is 1.47 bits per heavy atom. The molecule has 9 heteroatoms. The van der Waals surface area contributed by atoms with E-state index in [1.807, 2.05) is 0 Å². The van der Waals surface area contributed by atoms with Crippen LogP contribution in [-0.2, 0) is 14.3 Å². The van der Waals surface area contributed by atoms with Crippen molar-refractivity contribution in [2.45, 2.75) is 0 Å². The molecular formula is C21H18Cl2O7. The third kappa shape index (κ3) is 4.58. The number of hydrogen-bond acceptors (Lipinski definition) is 7. The lowest BCUT2D eigenvalue weighted by Crippen LogP contribution is -2.07. The van der Waals surface area contributed by atoms with Crippen LogP contribution >= 0.6 is 23.2 Å². The van der Waals surface area contributed by atoms with Gasteiger partial charge in [0.25, 0.3) is 0 Å². The van der Waals surface area contributed by atoms with E-state index in [9.17, 15) is 14.4 Å². The van der Waals surface area contributed by atoms with E-state index >= 15 is 0 Å². The van der Waals surface area contributed by atoms with E-state index in [0.29, 0.717) is 23.0 Å². The van der Waals surface area contributed by atoms with E-state index in [-0.39, 0.29) is 32.7 Å². The van der Waals surface area contributed by atoms with Crippen molar-refractivity contribution in [3.63, 3.8) is 0 Å². The molecule has 0 atom stereocenters. The van der Waals surface area contributed by atoms with E-state index in [0.717, 1.165) is 0 Å². The van der Waals surface area contributed by atoms with Gasteiger partial charge in [0.1, 0.15) is 17.4 Å². The number of methoxy groups -OCH3 is 4. The van der Waals surface area contributed by atoms with Gasteiger partial charge in [-0.1, -0.05) is 23.2 Å². The molecule has 158 valence electrons. The summed E-state index contributed by atoms with van der Waals surface area (Å²) in [6.45, 7) is 0. The van der Waals surface area contributed by atoms with Crippen LogP contribution in [0, 0.1) is 0 Å². The lowest BCUT2D eigenvalue weighted by molar-refractivity contribution is -0.104. The quantitative estimate of drug-likeness (QED) is 0.353. The van der Waals surface area contributed by atoms with Crippen molar-refractivity contribution in [3.05, 3.63) is 62.6 Å². The predicted molar refractivity (Wildman–Crippen MR) is 112 cm³/mol. The van der Waals surface area contributed by atoms with Gasteiger partial charge < -0.3 is 18.9 Å². The molecular weight excluding hydrogens is 435 g/mol. The summed E-state index contributed by atoms with van der Waals surface area (Å²) in [5.41, 5.74) is 1.25. The first-order valence-electron chi connectivity index (χ1n) is 8.40. The van der Waals surface area contributed by atoms with Crippen molar-refractivity contribution in [3.8, 4) is 11.5 Å². The van der Waals surface area contributed by atoms with Gasteiger partial charge in [-0.3, -0.25) is 4.79 Å². The minimum Gasteiger partial charge on any atom is -0.494 e.